The Labute approximate surface area is 77.7 Å². The molecule has 69 valence electrons. The number of carbonyl (C=O) groups excluding carboxylic acids is 1. The van der Waals surface area contributed by atoms with E-state index in [1.807, 2.05) is 32.0 Å². The predicted molar refractivity (Wildman–Crippen MR) is 51.4 cm³/mol. The molecule has 0 saturated heterocycles. The molecule has 0 aliphatic carbocycles. The second kappa shape index (κ2) is 3.94. The number of hydrogen-bond acceptors (Lipinski definition) is 2. The summed E-state index contributed by atoms with van der Waals surface area (Å²) >= 11 is 0. The Hall–Kier alpha value is -1.51. The van der Waals surface area contributed by atoms with Crippen LogP contribution in [0.25, 0.3) is 0 Å². The average molecular weight is 178 g/mol. The van der Waals surface area contributed by atoms with Crippen molar-refractivity contribution in [1.29, 1.82) is 0 Å². The number of anilines is 1. The van der Waals surface area contributed by atoms with Gasteiger partial charge in [0.15, 0.2) is 0 Å². The van der Waals surface area contributed by atoms with Crippen molar-refractivity contribution in [3.8, 4) is 0 Å². The molecule has 0 atom stereocenters. The number of ether oxygens (including phenoxy) is 1. The molecule has 1 N–H and O–H groups in total. The molecule has 0 spiro atoms. The summed E-state index contributed by atoms with van der Waals surface area (Å²) in [7, 11) is 3.02. The van der Waals surface area contributed by atoms with Crippen LogP contribution in [0.15, 0.2) is 18.2 Å². The minimum absolute atomic E-state index is 0.547. The van der Waals surface area contributed by atoms with Gasteiger partial charge in [0.2, 0.25) is 0 Å². The van der Waals surface area contributed by atoms with Gasteiger partial charge in [-0.25, -0.2) is 4.79 Å². The summed E-state index contributed by atoms with van der Waals surface area (Å²) in [5.41, 5.74) is 2.92. The Morgan fingerprint density at radius 1 is 1.46 bits per heavy atom. The molecule has 0 unspecified atom stereocenters. The van der Waals surface area contributed by atoms with Crippen LogP contribution in [0.4, 0.5) is 10.5 Å². The molecule has 1 rings (SSSR count). The van der Waals surface area contributed by atoms with Gasteiger partial charge in [-0.05, 0) is 31.0 Å². The zero-order valence-corrected chi connectivity index (χ0v) is 7.76. The lowest BCUT2D eigenvalue weighted by Crippen LogP contribution is -2.11. The lowest BCUT2D eigenvalue weighted by molar-refractivity contribution is 0.199. The molecule has 0 heterocycles. The van der Waals surface area contributed by atoms with Crippen LogP contribution < -0.4 is 5.32 Å². The van der Waals surface area contributed by atoms with Crippen molar-refractivity contribution in [3.63, 3.8) is 0 Å². The van der Waals surface area contributed by atoms with Gasteiger partial charge in [-0.3, -0.25) is 5.32 Å². The summed E-state index contributed by atoms with van der Waals surface area (Å²) in [6.45, 7) is 3.92. The third-order valence-corrected chi connectivity index (χ3v) is 1.97. The number of nitrogens with one attached hydrogen (secondary N) is 1. The van der Waals surface area contributed by atoms with Crippen LogP contribution in [-0.4, -0.2) is 6.09 Å². The van der Waals surface area contributed by atoms with Crippen molar-refractivity contribution in [2.75, 3.05) is 5.32 Å². The number of hydrogen-bond donors (Lipinski definition) is 1. The number of carbonyl (C=O) groups is 1. The summed E-state index contributed by atoms with van der Waals surface area (Å²) in [5.74, 6) is 0. The van der Waals surface area contributed by atoms with Crippen LogP contribution in [-0.2, 0) is 4.74 Å². The topological polar surface area (TPSA) is 38.3 Å². The summed E-state index contributed by atoms with van der Waals surface area (Å²) in [4.78, 5) is 10.8. The summed E-state index contributed by atoms with van der Waals surface area (Å²) < 4.78 is 4.25. The van der Waals surface area contributed by atoms with Gasteiger partial charge >= 0.3 is 6.09 Å². The van der Waals surface area contributed by atoms with Crippen molar-refractivity contribution in [2.24, 2.45) is 0 Å². The molecule has 0 bridgehead atoms. The monoisotopic (exact) mass is 178 g/mol. The number of benzene rings is 1. The lowest BCUT2D eigenvalue weighted by Gasteiger charge is -2.08. The van der Waals surface area contributed by atoms with E-state index in [9.17, 15) is 4.79 Å². The number of aryl methyl sites for hydroxylation is 1. The highest BCUT2D eigenvalue weighted by Crippen LogP contribution is 2.17. The molecule has 0 aromatic heterocycles. The highest BCUT2D eigenvalue weighted by Gasteiger charge is 2.04. The van der Waals surface area contributed by atoms with E-state index in [2.05, 4.69) is 17.2 Å². The van der Waals surface area contributed by atoms with Crippen LogP contribution >= 0.6 is 0 Å². The molecule has 1 amide bonds. The predicted octanol–water partition coefficient (Wildman–Crippen LogP) is 2.64. The molecule has 0 saturated carbocycles. The molecule has 3 nitrogen and oxygen atoms in total. The Bertz CT molecular complexity index is 321. The average Bonchev–Trinajstić information content (AvgIpc) is 2.13. The third-order valence-electron chi connectivity index (χ3n) is 1.97. The second-order valence-corrected chi connectivity index (χ2v) is 2.80. The largest absolute Gasteiger partial charge is 0.446 e. The van der Waals surface area contributed by atoms with Gasteiger partial charge in [0.05, 0.1) is 0 Å². The molecule has 0 aliphatic rings. The van der Waals surface area contributed by atoms with E-state index in [0.717, 1.165) is 16.8 Å². The van der Waals surface area contributed by atoms with Crippen molar-refractivity contribution < 1.29 is 9.53 Å². The first-order chi connectivity index (χ1) is 6.15. The number of amides is 1. The van der Waals surface area contributed by atoms with E-state index in [0.29, 0.717) is 0 Å². The number of rotatable bonds is 1. The highest BCUT2D eigenvalue weighted by molar-refractivity contribution is 5.85. The molecular formula is C10H12NO2. The molecular weight excluding hydrogens is 166 g/mol. The summed E-state index contributed by atoms with van der Waals surface area (Å²) in [5, 5.41) is 2.58. The zero-order chi connectivity index (χ0) is 9.84. The van der Waals surface area contributed by atoms with Gasteiger partial charge < -0.3 is 4.74 Å². The Balaban J connectivity index is 2.89. The first-order valence-electron chi connectivity index (χ1n) is 3.94. The Morgan fingerprint density at radius 3 is 2.77 bits per heavy atom. The SMILES string of the molecule is [CH2]OC(=O)Nc1cccc(C)c1C. The smallest absolute Gasteiger partial charge is 0.411 e. The molecule has 13 heavy (non-hydrogen) atoms. The van der Waals surface area contributed by atoms with Crippen LogP contribution in [0.3, 0.4) is 0 Å². The third kappa shape index (κ3) is 2.21. The maximum Gasteiger partial charge on any atom is 0.411 e. The minimum Gasteiger partial charge on any atom is -0.446 e. The maximum absolute atomic E-state index is 10.8. The van der Waals surface area contributed by atoms with E-state index in [4.69, 9.17) is 0 Å². The maximum atomic E-state index is 10.8. The van der Waals surface area contributed by atoms with Crippen LogP contribution in [0.1, 0.15) is 11.1 Å². The van der Waals surface area contributed by atoms with E-state index >= 15 is 0 Å². The van der Waals surface area contributed by atoms with Crippen molar-refractivity contribution in [3.05, 3.63) is 36.4 Å². The van der Waals surface area contributed by atoms with E-state index in [1.165, 1.54) is 0 Å². The van der Waals surface area contributed by atoms with E-state index in [1.54, 1.807) is 0 Å². The van der Waals surface area contributed by atoms with Crippen molar-refractivity contribution in [1.82, 2.24) is 0 Å². The van der Waals surface area contributed by atoms with Crippen LogP contribution in [0, 0.1) is 21.0 Å². The van der Waals surface area contributed by atoms with Crippen LogP contribution in [0.5, 0.6) is 0 Å². The molecule has 1 aromatic carbocycles. The van der Waals surface area contributed by atoms with E-state index < -0.39 is 6.09 Å². The molecule has 1 aromatic rings. The fourth-order valence-electron chi connectivity index (χ4n) is 1.03. The molecule has 0 aliphatic heterocycles. The fourth-order valence-corrected chi connectivity index (χ4v) is 1.03. The van der Waals surface area contributed by atoms with Crippen molar-refractivity contribution in [2.45, 2.75) is 13.8 Å². The Morgan fingerprint density at radius 2 is 2.15 bits per heavy atom. The Kier molecular flexibility index (Phi) is 2.90. The van der Waals surface area contributed by atoms with Gasteiger partial charge in [0.1, 0.15) is 7.11 Å². The highest BCUT2D eigenvalue weighted by atomic mass is 16.5. The van der Waals surface area contributed by atoms with Crippen LogP contribution in [0.2, 0.25) is 0 Å². The standard InChI is InChI=1S/C10H12NO2/c1-7-5-4-6-9(8(7)2)11-10(12)13-3/h4-6H,3H2,1-2H3,(H,11,12). The zero-order valence-electron chi connectivity index (χ0n) is 7.76. The summed E-state index contributed by atoms with van der Waals surface area (Å²) in [6.07, 6.45) is -0.547. The molecule has 1 radical (unpaired) electrons. The van der Waals surface area contributed by atoms with E-state index in [-0.39, 0.29) is 0 Å². The quantitative estimate of drug-likeness (QED) is 0.717. The first kappa shape index (κ1) is 9.58. The van der Waals surface area contributed by atoms with Gasteiger partial charge in [-0.15, -0.1) is 0 Å². The van der Waals surface area contributed by atoms with Gasteiger partial charge in [-0.2, -0.15) is 0 Å². The first-order valence-corrected chi connectivity index (χ1v) is 3.94. The summed E-state index contributed by atoms with van der Waals surface area (Å²) in [6, 6.07) is 5.68. The second-order valence-electron chi connectivity index (χ2n) is 2.80. The minimum atomic E-state index is -0.547. The van der Waals surface area contributed by atoms with Gasteiger partial charge in [-0.1, -0.05) is 12.1 Å². The fraction of sp³-hybridized carbons (Fsp3) is 0.200. The van der Waals surface area contributed by atoms with Gasteiger partial charge in [0.25, 0.3) is 0 Å². The van der Waals surface area contributed by atoms with Crippen molar-refractivity contribution >= 4 is 11.8 Å². The molecule has 0 fully saturated rings. The normalized spacial score (nSPS) is 9.46. The van der Waals surface area contributed by atoms with Gasteiger partial charge in [0, 0.05) is 5.69 Å². The lowest BCUT2D eigenvalue weighted by atomic mass is 10.1. The molecule has 3 heteroatoms.